The number of rotatable bonds is 3. The molecule has 2 rings (SSSR count). The average Bonchev–Trinajstić information content (AvgIpc) is 2.64. The van der Waals surface area contributed by atoms with E-state index in [1.54, 1.807) is 4.90 Å². The number of hydrogen-bond acceptors (Lipinski definition) is 1. The van der Waals surface area contributed by atoms with E-state index in [9.17, 15) is 4.79 Å². The summed E-state index contributed by atoms with van der Waals surface area (Å²) in [6.45, 7) is 10.7. The van der Waals surface area contributed by atoms with Gasteiger partial charge in [0.15, 0.2) is 0 Å². The quantitative estimate of drug-likeness (QED) is 0.733. The van der Waals surface area contributed by atoms with Gasteiger partial charge in [-0.3, -0.25) is 4.79 Å². The Kier molecular flexibility index (Phi) is 10.5. The van der Waals surface area contributed by atoms with E-state index in [2.05, 4.69) is 12.1 Å². The van der Waals surface area contributed by atoms with Gasteiger partial charge in [0.2, 0.25) is 0 Å². The van der Waals surface area contributed by atoms with E-state index in [0.717, 1.165) is 17.7 Å². The van der Waals surface area contributed by atoms with Gasteiger partial charge in [-0.2, -0.15) is 0 Å². The molecule has 0 atom stereocenters. The maximum atomic E-state index is 11.9. The van der Waals surface area contributed by atoms with E-state index in [4.69, 9.17) is 0 Å². The summed E-state index contributed by atoms with van der Waals surface area (Å²) in [7, 11) is 1.81. The summed E-state index contributed by atoms with van der Waals surface area (Å²) in [5.41, 5.74) is 3.03. The third kappa shape index (κ3) is 5.72. The van der Waals surface area contributed by atoms with Gasteiger partial charge in [-0.05, 0) is 30.2 Å². The SMILES string of the molecule is CC.CC.CCN(C)C(=O)c1ccc(-c2ccccc2)cc1. The highest BCUT2D eigenvalue weighted by Gasteiger charge is 2.09. The van der Waals surface area contributed by atoms with Crippen LogP contribution in [0.4, 0.5) is 0 Å². The monoisotopic (exact) mass is 299 g/mol. The van der Waals surface area contributed by atoms with Gasteiger partial charge in [-0.15, -0.1) is 0 Å². The standard InChI is InChI=1S/C16H17NO.2C2H6/c1-3-17(2)16(18)15-11-9-14(10-12-15)13-7-5-4-6-8-13;2*1-2/h4-12H,3H2,1-2H3;2*1-2H3. The molecule has 0 saturated heterocycles. The Morgan fingerprint density at radius 3 is 1.73 bits per heavy atom. The molecule has 0 N–H and O–H groups in total. The molecule has 2 heteroatoms. The number of amides is 1. The fourth-order valence-corrected chi connectivity index (χ4v) is 1.80. The Morgan fingerprint density at radius 2 is 1.27 bits per heavy atom. The van der Waals surface area contributed by atoms with E-state index in [0.29, 0.717) is 0 Å². The molecule has 120 valence electrons. The molecule has 0 aliphatic rings. The molecule has 0 radical (unpaired) electrons. The summed E-state index contributed by atoms with van der Waals surface area (Å²) < 4.78 is 0. The van der Waals surface area contributed by atoms with Gasteiger partial charge in [0.25, 0.3) is 5.91 Å². The van der Waals surface area contributed by atoms with Crippen molar-refractivity contribution in [2.24, 2.45) is 0 Å². The highest BCUT2D eigenvalue weighted by atomic mass is 16.2. The summed E-state index contributed by atoms with van der Waals surface area (Å²) in [4.78, 5) is 13.7. The van der Waals surface area contributed by atoms with Crippen LogP contribution in [0, 0.1) is 0 Å². The van der Waals surface area contributed by atoms with Crippen molar-refractivity contribution in [2.45, 2.75) is 34.6 Å². The summed E-state index contributed by atoms with van der Waals surface area (Å²) in [6, 6.07) is 17.9. The van der Waals surface area contributed by atoms with Gasteiger partial charge in [-0.25, -0.2) is 0 Å². The van der Waals surface area contributed by atoms with Crippen LogP contribution in [0.25, 0.3) is 11.1 Å². The minimum absolute atomic E-state index is 0.0668. The molecule has 0 saturated carbocycles. The van der Waals surface area contributed by atoms with Crippen molar-refractivity contribution in [3.63, 3.8) is 0 Å². The van der Waals surface area contributed by atoms with Crippen LogP contribution in [-0.2, 0) is 0 Å². The molecular weight excluding hydrogens is 270 g/mol. The second-order valence-corrected chi connectivity index (χ2v) is 4.26. The minimum Gasteiger partial charge on any atom is -0.342 e. The van der Waals surface area contributed by atoms with E-state index in [1.165, 1.54) is 5.56 Å². The first-order valence-corrected chi connectivity index (χ1v) is 8.13. The molecule has 2 aromatic carbocycles. The molecule has 2 nitrogen and oxygen atoms in total. The fourth-order valence-electron chi connectivity index (χ4n) is 1.80. The van der Waals surface area contributed by atoms with Crippen LogP contribution in [-0.4, -0.2) is 24.4 Å². The van der Waals surface area contributed by atoms with Crippen LogP contribution in [0.3, 0.4) is 0 Å². The van der Waals surface area contributed by atoms with Crippen LogP contribution in [0.15, 0.2) is 54.6 Å². The topological polar surface area (TPSA) is 20.3 Å². The van der Waals surface area contributed by atoms with Crippen LogP contribution in [0.2, 0.25) is 0 Å². The van der Waals surface area contributed by atoms with Gasteiger partial charge in [0, 0.05) is 19.2 Å². The lowest BCUT2D eigenvalue weighted by atomic mass is 10.0. The highest BCUT2D eigenvalue weighted by Crippen LogP contribution is 2.19. The Labute approximate surface area is 135 Å². The number of carbonyl (C=O) groups is 1. The first-order chi connectivity index (χ1) is 10.7. The first-order valence-electron chi connectivity index (χ1n) is 8.13. The average molecular weight is 299 g/mol. The number of benzene rings is 2. The third-order valence-electron chi connectivity index (χ3n) is 3.06. The zero-order valence-corrected chi connectivity index (χ0v) is 14.8. The maximum Gasteiger partial charge on any atom is 0.253 e. The van der Waals surface area contributed by atoms with Crippen molar-refractivity contribution >= 4 is 5.91 Å². The maximum absolute atomic E-state index is 11.9. The van der Waals surface area contributed by atoms with E-state index >= 15 is 0 Å². The predicted octanol–water partition coefficient (Wildman–Crippen LogP) is 5.50. The Bertz CT molecular complexity index is 517. The summed E-state index contributed by atoms with van der Waals surface area (Å²) in [6.07, 6.45) is 0. The molecule has 0 aliphatic heterocycles. The molecular formula is C20H29NO. The second-order valence-electron chi connectivity index (χ2n) is 4.26. The first kappa shape index (κ1) is 19.9. The normalized spacial score (nSPS) is 8.82. The molecule has 1 amide bonds. The van der Waals surface area contributed by atoms with Crippen molar-refractivity contribution in [2.75, 3.05) is 13.6 Å². The van der Waals surface area contributed by atoms with Crippen molar-refractivity contribution in [3.8, 4) is 11.1 Å². The van der Waals surface area contributed by atoms with Crippen molar-refractivity contribution in [1.82, 2.24) is 4.90 Å². The molecule has 0 fully saturated rings. The smallest absolute Gasteiger partial charge is 0.253 e. The zero-order chi connectivity index (χ0) is 17.0. The Morgan fingerprint density at radius 1 is 0.818 bits per heavy atom. The largest absolute Gasteiger partial charge is 0.342 e. The molecule has 0 bridgehead atoms. The van der Waals surface area contributed by atoms with Crippen LogP contribution < -0.4 is 0 Å². The van der Waals surface area contributed by atoms with Crippen molar-refractivity contribution in [3.05, 3.63) is 60.2 Å². The van der Waals surface area contributed by atoms with E-state index < -0.39 is 0 Å². The lowest BCUT2D eigenvalue weighted by Gasteiger charge is -2.14. The lowest BCUT2D eigenvalue weighted by Crippen LogP contribution is -2.26. The van der Waals surface area contributed by atoms with Gasteiger partial charge in [-0.1, -0.05) is 70.2 Å². The second kappa shape index (κ2) is 11.6. The van der Waals surface area contributed by atoms with Crippen molar-refractivity contribution < 1.29 is 4.79 Å². The number of carbonyl (C=O) groups excluding carboxylic acids is 1. The molecule has 0 aliphatic carbocycles. The minimum atomic E-state index is 0.0668. The molecule has 2 aromatic rings. The Hall–Kier alpha value is -2.09. The zero-order valence-electron chi connectivity index (χ0n) is 14.8. The van der Waals surface area contributed by atoms with Gasteiger partial charge >= 0.3 is 0 Å². The van der Waals surface area contributed by atoms with E-state index in [-0.39, 0.29) is 5.91 Å². The fraction of sp³-hybridized carbons (Fsp3) is 0.350. The molecule has 0 aromatic heterocycles. The Balaban J connectivity index is 0.00000102. The van der Waals surface area contributed by atoms with Gasteiger partial charge < -0.3 is 4.90 Å². The molecule has 0 unspecified atom stereocenters. The third-order valence-corrected chi connectivity index (χ3v) is 3.06. The number of hydrogen-bond donors (Lipinski definition) is 0. The van der Waals surface area contributed by atoms with Crippen LogP contribution >= 0.6 is 0 Å². The van der Waals surface area contributed by atoms with Gasteiger partial charge in [0.05, 0.1) is 0 Å². The predicted molar refractivity (Wildman–Crippen MR) is 97.2 cm³/mol. The molecule has 0 spiro atoms. The van der Waals surface area contributed by atoms with Gasteiger partial charge in [0.1, 0.15) is 0 Å². The number of nitrogens with zero attached hydrogens (tertiary/aromatic N) is 1. The van der Waals surface area contributed by atoms with E-state index in [1.807, 2.05) is 84.1 Å². The van der Waals surface area contributed by atoms with Crippen molar-refractivity contribution in [1.29, 1.82) is 0 Å². The molecule has 0 heterocycles. The molecule has 22 heavy (non-hydrogen) atoms. The summed E-state index contributed by atoms with van der Waals surface area (Å²) >= 11 is 0. The highest BCUT2D eigenvalue weighted by molar-refractivity contribution is 5.94. The van der Waals surface area contributed by atoms with Crippen LogP contribution in [0.5, 0.6) is 0 Å². The summed E-state index contributed by atoms with van der Waals surface area (Å²) in [5, 5.41) is 0. The summed E-state index contributed by atoms with van der Waals surface area (Å²) in [5.74, 6) is 0.0668. The lowest BCUT2D eigenvalue weighted by molar-refractivity contribution is 0.0802. The van der Waals surface area contributed by atoms with Crippen LogP contribution in [0.1, 0.15) is 45.0 Å².